The number of aliphatic imine (C=N–C) groups is 1. The molecule has 1 aromatic carbocycles. The molecule has 1 unspecified atom stereocenters. The predicted molar refractivity (Wildman–Crippen MR) is 113 cm³/mol. The third kappa shape index (κ3) is 4.23. The predicted octanol–water partition coefficient (Wildman–Crippen LogP) is 3.26. The minimum Gasteiger partial charge on any atom is -0.466 e. The average molecular weight is 430 g/mol. The number of esters is 1. The number of nitro benzene ring substituents is 1. The lowest BCUT2D eigenvalue weighted by Crippen LogP contribution is -2.38. The smallest absolute Gasteiger partial charge is 0.338 e. The minimum absolute atomic E-state index is 0.000102. The SMILES string of the molecule is COC(=O)C1=C(C)N=C2SC=C(CC(=O)NC(C)C)N2C1c1ccc([N+](=O)[O-])cc1. The van der Waals surface area contributed by atoms with E-state index in [4.69, 9.17) is 4.74 Å². The molecule has 0 radical (unpaired) electrons. The van der Waals surface area contributed by atoms with Crippen LogP contribution in [0.3, 0.4) is 0 Å². The number of carbonyl (C=O) groups excluding carboxylic acids is 2. The lowest BCUT2D eigenvalue weighted by atomic mass is 9.93. The van der Waals surface area contributed by atoms with Crippen molar-refractivity contribution < 1.29 is 19.2 Å². The topological polar surface area (TPSA) is 114 Å². The van der Waals surface area contributed by atoms with Crippen LogP contribution in [0.2, 0.25) is 0 Å². The molecule has 10 heteroatoms. The molecule has 1 N–H and O–H groups in total. The summed E-state index contributed by atoms with van der Waals surface area (Å²) in [5, 5.41) is 16.4. The molecule has 0 saturated carbocycles. The van der Waals surface area contributed by atoms with E-state index in [2.05, 4.69) is 10.3 Å². The number of nitrogens with one attached hydrogen (secondary N) is 1. The fraction of sp³-hybridized carbons (Fsp3) is 0.350. The zero-order valence-corrected chi connectivity index (χ0v) is 17.9. The first-order chi connectivity index (χ1) is 14.2. The van der Waals surface area contributed by atoms with Crippen LogP contribution >= 0.6 is 11.8 Å². The number of amides is 1. The van der Waals surface area contributed by atoms with Crippen molar-refractivity contribution in [3.8, 4) is 0 Å². The molecule has 0 spiro atoms. The fourth-order valence-electron chi connectivity index (χ4n) is 3.37. The van der Waals surface area contributed by atoms with E-state index in [1.54, 1.807) is 19.1 Å². The number of rotatable bonds is 6. The van der Waals surface area contributed by atoms with Crippen LogP contribution in [-0.4, -0.2) is 40.0 Å². The van der Waals surface area contributed by atoms with Crippen LogP contribution < -0.4 is 5.32 Å². The highest BCUT2D eigenvalue weighted by Crippen LogP contribution is 2.44. The summed E-state index contributed by atoms with van der Waals surface area (Å²) in [5.41, 5.74) is 2.13. The molecule has 0 bridgehead atoms. The first kappa shape index (κ1) is 21.6. The Morgan fingerprint density at radius 1 is 1.33 bits per heavy atom. The molecule has 1 amide bonds. The molecule has 30 heavy (non-hydrogen) atoms. The van der Waals surface area contributed by atoms with Crippen molar-refractivity contribution in [2.75, 3.05) is 7.11 Å². The summed E-state index contributed by atoms with van der Waals surface area (Å²) >= 11 is 1.37. The Morgan fingerprint density at radius 3 is 2.57 bits per heavy atom. The lowest BCUT2D eigenvalue weighted by Gasteiger charge is -2.36. The second kappa shape index (κ2) is 8.70. The molecule has 2 aliphatic rings. The Balaban J connectivity index is 2.04. The third-order valence-electron chi connectivity index (χ3n) is 4.62. The van der Waals surface area contributed by atoms with Crippen molar-refractivity contribution in [3.05, 3.63) is 62.3 Å². The summed E-state index contributed by atoms with van der Waals surface area (Å²) < 4.78 is 4.98. The van der Waals surface area contributed by atoms with Crippen molar-refractivity contribution in [3.63, 3.8) is 0 Å². The van der Waals surface area contributed by atoms with Crippen molar-refractivity contribution >= 4 is 34.5 Å². The normalized spacial score (nSPS) is 18.0. The standard InChI is InChI=1S/C20H22N4O5S/c1-11(2)21-16(25)9-15-10-30-20-22-12(3)17(19(26)29-4)18(23(15)20)13-5-7-14(8-6-13)24(27)28/h5-8,10-11,18H,9H2,1-4H3,(H,21,25). The quantitative estimate of drug-likeness (QED) is 0.418. The zero-order chi connectivity index (χ0) is 22.0. The maximum absolute atomic E-state index is 12.6. The van der Waals surface area contributed by atoms with Crippen LogP contribution in [-0.2, 0) is 14.3 Å². The van der Waals surface area contributed by atoms with Gasteiger partial charge in [-0.2, -0.15) is 0 Å². The third-order valence-corrected chi connectivity index (χ3v) is 5.51. The Bertz CT molecular complexity index is 981. The van der Waals surface area contributed by atoms with Gasteiger partial charge in [0.2, 0.25) is 5.91 Å². The van der Waals surface area contributed by atoms with Gasteiger partial charge in [-0.3, -0.25) is 14.9 Å². The van der Waals surface area contributed by atoms with Gasteiger partial charge in [0.05, 0.1) is 35.8 Å². The molecule has 3 rings (SSSR count). The fourth-order valence-corrected chi connectivity index (χ4v) is 4.34. The van der Waals surface area contributed by atoms with Crippen LogP contribution in [0.4, 0.5) is 5.69 Å². The van der Waals surface area contributed by atoms with Gasteiger partial charge < -0.3 is 15.0 Å². The molecule has 9 nitrogen and oxygen atoms in total. The second-order valence-electron chi connectivity index (χ2n) is 7.13. The number of allylic oxidation sites excluding steroid dienone is 1. The molecule has 2 aliphatic heterocycles. The zero-order valence-electron chi connectivity index (χ0n) is 17.0. The Morgan fingerprint density at radius 2 is 2.00 bits per heavy atom. The lowest BCUT2D eigenvalue weighted by molar-refractivity contribution is -0.384. The van der Waals surface area contributed by atoms with Crippen LogP contribution in [0.25, 0.3) is 0 Å². The first-order valence-corrected chi connectivity index (χ1v) is 10.2. The van der Waals surface area contributed by atoms with Crippen molar-refractivity contribution in [1.29, 1.82) is 0 Å². The number of carbonyl (C=O) groups is 2. The molecule has 1 atom stereocenters. The van der Waals surface area contributed by atoms with Crippen LogP contribution in [0.1, 0.15) is 38.8 Å². The van der Waals surface area contributed by atoms with Gasteiger partial charge in [0.1, 0.15) is 0 Å². The number of nitro groups is 1. The van der Waals surface area contributed by atoms with Gasteiger partial charge >= 0.3 is 5.97 Å². The molecular formula is C20H22N4O5S. The average Bonchev–Trinajstić information content (AvgIpc) is 3.07. The molecule has 0 aromatic heterocycles. The van der Waals surface area contributed by atoms with Crippen LogP contribution in [0.5, 0.6) is 0 Å². The monoisotopic (exact) mass is 430 g/mol. The van der Waals surface area contributed by atoms with E-state index < -0.39 is 16.9 Å². The number of hydrogen-bond donors (Lipinski definition) is 1. The maximum atomic E-state index is 12.6. The van der Waals surface area contributed by atoms with E-state index >= 15 is 0 Å². The maximum Gasteiger partial charge on any atom is 0.338 e. The highest BCUT2D eigenvalue weighted by molar-refractivity contribution is 8.16. The molecule has 0 fully saturated rings. The number of nitrogens with zero attached hydrogens (tertiary/aromatic N) is 3. The van der Waals surface area contributed by atoms with E-state index in [1.165, 1.54) is 31.0 Å². The Kier molecular flexibility index (Phi) is 6.25. The highest BCUT2D eigenvalue weighted by atomic mass is 32.2. The number of non-ortho nitro benzene ring substituents is 1. The van der Waals surface area contributed by atoms with Crippen molar-refractivity contribution in [2.45, 2.75) is 39.3 Å². The number of fused-ring (bicyclic) bond motifs is 1. The molecule has 0 saturated heterocycles. The van der Waals surface area contributed by atoms with Gasteiger partial charge in [0.25, 0.3) is 5.69 Å². The molecule has 2 heterocycles. The van der Waals surface area contributed by atoms with Gasteiger partial charge in [0, 0.05) is 23.9 Å². The largest absolute Gasteiger partial charge is 0.466 e. The summed E-state index contributed by atoms with van der Waals surface area (Å²) in [6.45, 7) is 5.48. The van der Waals surface area contributed by atoms with E-state index in [9.17, 15) is 19.7 Å². The minimum atomic E-state index is -0.612. The van der Waals surface area contributed by atoms with E-state index in [0.717, 1.165) is 0 Å². The van der Waals surface area contributed by atoms with E-state index in [-0.39, 0.29) is 24.1 Å². The number of benzene rings is 1. The first-order valence-electron chi connectivity index (χ1n) is 9.29. The summed E-state index contributed by atoms with van der Waals surface area (Å²) in [7, 11) is 1.29. The van der Waals surface area contributed by atoms with Gasteiger partial charge in [-0.1, -0.05) is 11.8 Å². The van der Waals surface area contributed by atoms with Crippen LogP contribution in [0.15, 0.2) is 51.6 Å². The summed E-state index contributed by atoms with van der Waals surface area (Å²) in [4.78, 5) is 41.9. The molecule has 158 valence electrons. The number of ether oxygens (including phenoxy) is 1. The summed E-state index contributed by atoms with van der Waals surface area (Å²) in [6, 6.07) is 5.39. The van der Waals surface area contributed by atoms with Gasteiger partial charge in [-0.25, -0.2) is 9.79 Å². The van der Waals surface area contributed by atoms with Gasteiger partial charge in [0.15, 0.2) is 5.17 Å². The Hall–Kier alpha value is -3.14. The second-order valence-corrected chi connectivity index (χ2v) is 7.97. The van der Waals surface area contributed by atoms with Gasteiger partial charge in [-0.05, 0) is 43.9 Å². The summed E-state index contributed by atoms with van der Waals surface area (Å²) in [5.74, 6) is -0.687. The number of methoxy groups -OCH3 is 1. The number of thioether (sulfide) groups is 1. The van der Waals surface area contributed by atoms with Crippen LogP contribution in [0, 0.1) is 10.1 Å². The van der Waals surface area contributed by atoms with Crippen molar-refractivity contribution in [2.24, 2.45) is 4.99 Å². The molecular weight excluding hydrogens is 408 g/mol. The number of amidine groups is 1. The molecule has 1 aromatic rings. The molecule has 0 aliphatic carbocycles. The van der Waals surface area contributed by atoms with E-state index in [0.29, 0.717) is 27.7 Å². The van der Waals surface area contributed by atoms with Crippen molar-refractivity contribution in [1.82, 2.24) is 10.2 Å². The Labute approximate surface area is 178 Å². The van der Waals surface area contributed by atoms with E-state index in [1.807, 2.05) is 24.2 Å². The summed E-state index contributed by atoms with van der Waals surface area (Å²) in [6.07, 6.45) is 0.112. The van der Waals surface area contributed by atoms with Gasteiger partial charge in [-0.15, -0.1) is 0 Å². The highest BCUT2D eigenvalue weighted by Gasteiger charge is 2.41. The number of hydrogen-bond acceptors (Lipinski definition) is 8.